The van der Waals surface area contributed by atoms with Gasteiger partial charge in [0.2, 0.25) is 5.91 Å². The van der Waals surface area contributed by atoms with E-state index in [4.69, 9.17) is 0 Å². The maximum atomic E-state index is 13.0. The molecule has 1 saturated heterocycles. The molecule has 1 atom stereocenters. The zero-order valence-electron chi connectivity index (χ0n) is 19.7. The normalized spacial score (nSPS) is 18.8. The van der Waals surface area contributed by atoms with E-state index in [1.807, 2.05) is 47.4 Å². The average Bonchev–Trinajstić information content (AvgIpc) is 3.04. The highest BCUT2D eigenvalue weighted by molar-refractivity contribution is 6.02. The molecule has 6 heteroatoms. The van der Waals surface area contributed by atoms with Crippen LogP contribution in [0.1, 0.15) is 50.2 Å². The Labute approximate surface area is 197 Å². The molecule has 0 aromatic heterocycles. The summed E-state index contributed by atoms with van der Waals surface area (Å²) >= 11 is 0. The van der Waals surface area contributed by atoms with Gasteiger partial charge in [0.25, 0.3) is 0 Å². The van der Waals surface area contributed by atoms with Crippen LogP contribution >= 0.6 is 0 Å². The van der Waals surface area contributed by atoms with Crippen molar-refractivity contribution < 1.29 is 9.59 Å². The van der Waals surface area contributed by atoms with Gasteiger partial charge in [0.05, 0.1) is 6.42 Å². The number of benzene rings is 2. The van der Waals surface area contributed by atoms with Crippen molar-refractivity contribution in [1.82, 2.24) is 10.2 Å². The molecule has 2 aromatic rings. The number of carbonyl (C=O) groups is 2. The summed E-state index contributed by atoms with van der Waals surface area (Å²) in [5, 5.41) is 6.06. The van der Waals surface area contributed by atoms with E-state index in [0.717, 1.165) is 55.8 Å². The molecule has 33 heavy (non-hydrogen) atoms. The quantitative estimate of drug-likeness (QED) is 0.679. The van der Waals surface area contributed by atoms with E-state index in [0.29, 0.717) is 19.0 Å². The number of amides is 3. The van der Waals surface area contributed by atoms with Crippen molar-refractivity contribution in [1.29, 1.82) is 0 Å². The number of nitrogens with zero attached hydrogens (tertiary/aromatic N) is 2. The van der Waals surface area contributed by atoms with Gasteiger partial charge in [-0.3, -0.25) is 14.6 Å². The first-order valence-corrected chi connectivity index (χ1v) is 12.4. The van der Waals surface area contributed by atoms with Gasteiger partial charge in [-0.05, 0) is 74.9 Å². The average molecular weight is 449 g/mol. The summed E-state index contributed by atoms with van der Waals surface area (Å²) in [5.74, 6) is 0.0395. The number of nitrogens with one attached hydrogen (secondary N) is 2. The van der Waals surface area contributed by atoms with E-state index in [9.17, 15) is 9.59 Å². The molecule has 0 bridgehead atoms. The minimum absolute atomic E-state index is 0.0395. The van der Waals surface area contributed by atoms with E-state index in [1.54, 1.807) is 0 Å². The van der Waals surface area contributed by atoms with Gasteiger partial charge in [-0.25, -0.2) is 4.79 Å². The van der Waals surface area contributed by atoms with Crippen molar-refractivity contribution >= 4 is 23.3 Å². The summed E-state index contributed by atoms with van der Waals surface area (Å²) in [6.45, 7) is 5.73. The summed E-state index contributed by atoms with van der Waals surface area (Å²) < 4.78 is 0. The van der Waals surface area contributed by atoms with Crippen LogP contribution in [0.2, 0.25) is 0 Å². The highest BCUT2D eigenvalue weighted by Crippen LogP contribution is 2.26. The monoisotopic (exact) mass is 448 g/mol. The number of piperidine rings is 1. The van der Waals surface area contributed by atoms with Gasteiger partial charge in [0, 0.05) is 37.1 Å². The van der Waals surface area contributed by atoms with Crippen molar-refractivity contribution in [3.8, 4) is 0 Å². The van der Waals surface area contributed by atoms with Gasteiger partial charge in [-0.2, -0.15) is 0 Å². The first-order valence-electron chi connectivity index (χ1n) is 12.4. The Hall–Kier alpha value is -2.86. The predicted octanol–water partition coefficient (Wildman–Crippen LogP) is 4.59. The molecule has 2 aliphatic heterocycles. The smallest absolute Gasteiger partial charge is 0.326 e. The second-order valence-corrected chi connectivity index (χ2v) is 9.27. The van der Waals surface area contributed by atoms with Gasteiger partial charge < -0.3 is 10.6 Å². The molecular weight excluding hydrogens is 412 g/mol. The molecule has 2 N–H and O–H groups in total. The van der Waals surface area contributed by atoms with Crippen molar-refractivity contribution in [3.05, 3.63) is 59.7 Å². The van der Waals surface area contributed by atoms with E-state index in [-0.39, 0.29) is 11.9 Å². The molecule has 0 spiro atoms. The van der Waals surface area contributed by atoms with Crippen LogP contribution in [-0.2, 0) is 17.6 Å². The van der Waals surface area contributed by atoms with E-state index < -0.39 is 0 Å². The number of para-hydroxylation sites is 1. The molecule has 0 saturated carbocycles. The molecule has 6 nitrogen and oxygen atoms in total. The molecule has 0 radical (unpaired) electrons. The number of urea groups is 1. The Morgan fingerprint density at radius 3 is 2.58 bits per heavy atom. The number of likely N-dealkylation sites (tertiary alicyclic amines) is 1. The van der Waals surface area contributed by atoms with Crippen molar-refractivity contribution in [2.75, 3.05) is 36.4 Å². The zero-order chi connectivity index (χ0) is 23.0. The third-order valence-electron chi connectivity index (χ3n) is 6.84. The van der Waals surface area contributed by atoms with Crippen LogP contribution in [0.5, 0.6) is 0 Å². The fourth-order valence-corrected chi connectivity index (χ4v) is 4.88. The molecule has 176 valence electrons. The molecule has 0 aliphatic carbocycles. The number of anilines is 2. The number of hydrogen-bond donors (Lipinski definition) is 2. The lowest BCUT2D eigenvalue weighted by Gasteiger charge is -2.33. The fraction of sp³-hybridized carbons (Fsp3) is 0.481. The molecule has 0 unspecified atom stereocenters. The fourth-order valence-electron chi connectivity index (χ4n) is 4.88. The second kappa shape index (κ2) is 11.3. The Morgan fingerprint density at radius 1 is 0.970 bits per heavy atom. The number of fused-ring (bicyclic) bond motifs is 1. The van der Waals surface area contributed by atoms with Crippen LogP contribution in [-0.4, -0.2) is 49.1 Å². The van der Waals surface area contributed by atoms with Gasteiger partial charge in [-0.1, -0.05) is 36.8 Å². The third kappa shape index (κ3) is 6.35. The lowest BCUT2D eigenvalue weighted by atomic mass is 10.0. The Bertz CT molecular complexity index is 943. The second-order valence-electron chi connectivity index (χ2n) is 9.27. The molecule has 4 rings (SSSR count). The van der Waals surface area contributed by atoms with Crippen LogP contribution in [0.15, 0.2) is 48.5 Å². The lowest BCUT2D eigenvalue weighted by Crippen LogP contribution is -2.42. The van der Waals surface area contributed by atoms with E-state index >= 15 is 0 Å². The summed E-state index contributed by atoms with van der Waals surface area (Å²) in [6, 6.07) is 16.2. The third-order valence-corrected chi connectivity index (χ3v) is 6.84. The van der Waals surface area contributed by atoms with Crippen molar-refractivity contribution in [3.63, 3.8) is 0 Å². The van der Waals surface area contributed by atoms with Crippen molar-refractivity contribution in [2.45, 2.75) is 57.9 Å². The first kappa shape index (κ1) is 23.3. The molecule has 2 heterocycles. The largest absolute Gasteiger partial charge is 0.355 e. The number of hydrogen-bond acceptors (Lipinski definition) is 3. The molecule has 2 aromatic carbocycles. The number of aryl methyl sites for hydroxylation is 1. The van der Waals surface area contributed by atoms with Crippen LogP contribution in [0.4, 0.5) is 16.2 Å². The summed E-state index contributed by atoms with van der Waals surface area (Å²) in [4.78, 5) is 29.6. The van der Waals surface area contributed by atoms with Gasteiger partial charge in [0.15, 0.2) is 0 Å². The Kier molecular flexibility index (Phi) is 8.00. The van der Waals surface area contributed by atoms with Crippen LogP contribution in [0.25, 0.3) is 0 Å². The van der Waals surface area contributed by atoms with Gasteiger partial charge in [0.1, 0.15) is 0 Å². The zero-order valence-corrected chi connectivity index (χ0v) is 19.7. The maximum absolute atomic E-state index is 13.0. The molecule has 3 amide bonds. The highest BCUT2D eigenvalue weighted by atomic mass is 16.2. The molecular formula is C27H36N4O2. The van der Waals surface area contributed by atoms with E-state index in [1.165, 1.54) is 24.8 Å². The van der Waals surface area contributed by atoms with Gasteiger partial charge >= 0.3 is 6.03 Å². The lowest BCUT2D eigenvalue weighted by molar-refractivity contribution is -0.120. The Morgan fingerprint density at radius 2 is 1.76 bits per heavy atom. The first-order chi connectivity index (χ1) is 16.1. The minimum Gasteiger partial charge on any atom is -0.355 e. The molecule has 2 aliphatic rings. The summed E-state index contributed by atoms with van der Waals surface area (Å²) in [7, 11) is 0. The topological polar surface area (TPSA) is 64.7 Å². The highest BCUT2D eigenvalue weighted by Gasteiger charge is 2.21. The van der Waals surface area contributed by atoms with E-state index in [2.05, 4.69) is 28.5 Å². The standard InChI is InChI=1S/C27H36N4O2/c1-21-8-4-6-17-30(21)19-16-28-26(32)20-22-12-14-24(15-13-22)29-27(33)31-18-7-5-10-23-9-2-3-11-25(23)31/h2-3,9,11-15,21H,4-8,10,16-20H2,1H3,(H,28,32)(H,29,33)/t21-/m0/s1. The maximum Gasteiger partial charge on any atom is 0.326 e. The van der Waals surface area contributed by atoms with Crippen LogP contribution < -0.4 is 15.5 Å². The predicted molar refractivity (Wildman–Crippen MR) is 134 cm³/mol. The SMILES string of the molecule is C[C@H]1CCCCN1CCNC(=O)Cc1ccc(NC(=O)N2CCCCc3ccccc32)cc1. The van der Waals surface area contributed by atoms with Gasteiger partial charge in [-0.15, -0.1) is 0 Å². The Balaban J connectivity index is 1.26. The van der Waals surface area contributed by atoms with Crippen LogP contribution in [0, 0.1) is 0 Å². The number of carbonyl (C=O) groups excluding carboxylic acids is 2. The summed E-state index contributed by atoms with van der Waals surface area (Å²) in [5.41, 5.74) is 3.91. The number of rotatable bonds is 6. The molecule has 1 fully saturated rings. The van der Waals surface area contributed by atoms with Crippen molar-refractivity contribution in [2.24, 2.45) is 0 Å². The van der Waals surface area contributed by atoms with Crippen LogP contribution in [0.3, 0.4) is 0 Å². The minimum atomic E-state index is -0.109. The summed E-state index contributed by atoms with van der Waals surface area (Å²) in [6.07, 6.45) is 7.26.